The number of nitrogens with zero attached hydrogens (tertiary/aromatic N) is 2. The van der Waals surface area contributed by atoms with E-state index in [2.05, 4.69) is 24.3 Å². The molecule has 2 aromatic rings. The second-order valence-corrected chi connectivity index (χ2v) is 7.79. The maximum atomic E-state index is 9.82. The lowest BCUT2D eigenvalue weighted by Crippen LogP contribution is -2.35. The van der Waals surface area contributed by atoms with Crippen molar-refractivity contribution < 1.29 is 29.6 Å². The van der Waals surface area contributed by atoms with Gasteiger partial charge in [-0.05, 0) is 30.3 Å². The van der Waals surface area contributed by atoms with Crippen molar-refractivity contribution in [3.8, 4) is 5.75 Å². The maximum absolute atomic E-state index is 9.82. The van der Waals surface area contributed by atoms with Crippen LogP contribution in [-0.2, 0) is 16.1 Å². The summed E-state index contributed by atoms with van der Waals surface area (Å²) in [6.07, 6.45) is 4.38. The Morgan fingerprint density at radius 1 is 1.19 bits per heavy atom. The molecule has 0 fully saturated rings. The van der Waals surface area contributed by atoms with E-state index in [-0.39, 0.29) is 0 Å². The molecule has 10 heteroatoms. The van der Waals surface area contributed by atoms with Crippen LogP contribution >= 0.6 is 11.8 Å². The number of hydrogen-bond donors (Lipinski definition) is 4. The first kappa shape index (κ1) is 26.2. The van der Waals surface area contributed by atoms with Gasteiger partial charge in [0.25, 0.3) is 0 Å². The molecular weight excluding hydrogens is 422 g/mol. The second kappa shape index (κ2) is 15.1. The van der Waals surface area contributed by atoms with E-state index in [4.69, 9.17) is 14.9 Å². The van der Waals surface area contributed by atoms with Crippen molar-refractivity contribution in [3.63, 3.8) is 0 Å². The molecule has 0 aliphatic carbocycles. The molecule has 0 saturated carbocycles. The zero-order valence-electron chi connectivity index (χ0n) is 17.5. The molecule has 170 valence electrons. The number of carboxylic acid groups (broad SMARTS) is 2. The number of ether oxygens (including phenoxy) is 1. The average molecular weight is 452 g/mol. The second-order valence-electron chi connectivity index (χ2n) is 6.63. The van der Waals surface area contributed by atoms with Crippen LogP contribution in [0.1, 0.15) is 13.8 Å². The highest BCUT2D eigenvalue weighted by Crippen LogP contribution is 2.21. The number of aliphatic hydroxyl groups excluding tert-OH is 1. The van der Waals surface area contributed by atoms with Gasteiger partial charge >= 0.3 is 11.9 Å². The first-order valence-electron chi connectivity index (χ1n) is 9.64. The number of rotatable bonds is 12. The lowest BCUT2D eigenvalue weighted by Gasteiger charge is -2.15. The Kier molecular flexibility index (Phi) is 12.7. The van der Waals surface area contributed by atoms with E-state index in [9.17, 15) is 14.7 Å². The van der Waals surface area contributed by atoms with Crippen LogP contribution in [0.25, 0.3) is 0 Å². The molecule has 2 rings (SSSR count). The number of aromatic nitrogens is 2. The third kappa shape index (κ3) is 13.9. The van der Waals surface area contributed by atoms with Gasteiger partial charge in [-0.3, -0.25) is 4.68 Å². The summed E-state index contributed by atoms with van der Waals surface area (Å²) in [6.45, 7) is 5.84. The monoisotopic (exact) mass is 451 g/mol. The normalized spacial score (nSPS) is 11.7. The van der Waals surface area contributed by atoms with Gasteiger partial charge in [0.05, 0.1) is 6.54 Å². The highest BCUT2D eigenvalue weighted by Gasteiger charge is 2.06. The molecule has 1 heterocycles. The first-order valence-corrected chi connectivity index (χ1v) is 10.6. The molecular formula is C21H29N3O6S. The number of aryl methyl sites for hydroxylation is 1. The zero-order chi connectivity index (χ0) is 23.1. The van der Waals surface area contributed by atoms with Crippen LogP contribution in [0.5, 0.6) is 5.75 Å². The number of nitrogens with one attached hydrogen (secondary N) is 1. The van der Waals surface area contributed by atoms with Crippen LogP contribution in [0.2, 0.25) is 0 Å². The Labute approximate surface area is 185 Å². The van der Waals surface area contributed by atoms with Crippen molar-refractivity contribution in [1.82, 2.24) is 15.1 Å². The zero-order valence-corrected chi connectivity index (χ0v) is 18.4. The number of carbonyl (C=O) groups is 2. The smallest absolute Gasteiger partial charge is 0.328 e. The summed E-state index contributed by atoms with van der Waals surface area (Å²) in [5, 5.41) is 32.8. The molecule has 1 unspecified atom stereocenters. The Morgan fingerprint density at radius 3 is 2.35 bits per heavy atom. The molecule has 0 spiro atoms. The maximum Gasteiger partial charge on any atom is 0.328 e. The van der Waals surface area contributed by atoms with Crippen LogP contribution in [0.15, 0.2) is 59.8 Å². The summed E-state index contributed by atoms with van der Waals surface area (Å²) in [7, 11) is 0. The molecule has 1 aromatic heterocycles. The number of thioether (sulfide) groups is 1. The quantitative estimate of drug-likeness (QED) is 0.283. The summed E-state index contributed by atoms with van der Waals surface area (Å²) in [5.41, 5.74) is 0. The highest BCUT2D eigenvalue weighted by molar-refractivity contribution is 7.99. The predicted octanol–water partition coefficient (Wildman–Crippen LogP) is 2.12. The fourth-order valence-corrected chi connectivity index (χ4v) is 2.93. The van der Waals surface area contributed by atoms with Crippen molar-refractivity contribution in [1.29, 1.82) is 0 Å². The van der Waals surface area contributed by atoms with Crippen molar-refractivity contribution in [2.24, 2.45) is 0 Å². The van der Waals surface area contributed by atoms with E-state index in [0.717, 1.165) is 18.0 Å². The molecule has 4 N–H and O–H groups in total. The summed E-state index contributed by atoms with van der Waals surface area (Å²) in [6, 6.07) is 10.3. The molecule has 31 heavy (non-hydrogen) atoms. The fraction of sp³-hybridized carbons (Fsp3) is 0.381. The number of hydrogen-bond acceptors (Lipinski definition) is 7. The number of benzene rings is 1. The Hall–Kier alpha value is -2.82. The molecule has 0 amide bonds. The van der Waals surface area contributed by atoms with Gasteiger partial charge in [0.15, 0.2) is 0 Å². The molecule has 9 nitrogen and oxygen atoms in total. The van der Waals surface area contributed by atoms with Crippen LogP contribution in [-0.4, -0.2) is 68.1 Å². The molecule has 0 aliphatic rings. The van der Waals surface area contributed by atoms with Gasteiger partial charge in [-0.1, -0.05) is 13.8 Å². The molecule has 0 radical (unpaired) electrons. The van der Waals surface area contributed by atoms with Gasteiger partial charge in [-0.2, -0.15) is 5.10 Å². The van der Waals surface area contributed by atoms with Gasteiger partial charge < -0.3 is 25.4 Å². The summed E-state index contributed by atoms with van der Waals surface area (Å²) in [5.74, 6) is -0.758. The van der Waals surface area contributed by atoms with E-state index < -0.39 is 18.0 Å². The third-order valence-corrected chi connectivity index (χ3v) is 4.54. The standard InChI is InChI=1S/C17H25N3O2S.C4H4O4/c1-14(2)18-12-15(21)13-22-16-4-6-17(7-5-16)23-11-10-20-9-3-8-19-20;5-3(6)1-2-4(7)8/h3-9,14-15,18,21H,10-13H2,1-2H3;1-2H,(H,5,6)(H,7,8)/b;2-1-. The summed E-state index contributed by atoms with van der Waals surface area (Å²) >= 11 is 1.79. The van der Waals surface area contributed by atoms with Crippen LogP contribution in [0.4, 0.5) is 0 Å². The van der Waals surface area contributed by atoms with E-state index in [1.54, 1.807) is 18.0 Å². The van der Waals surface area contributed by atoms with Crippen molar-refractivity contribution in [2.45, 2.75) is 37.4 Å². The predicted molar refractivity (Wildman–Crippen MR) is 118 cm³/mol. The Morgan fingerprint density at radius 2 is 1.84 bits per heavy atom. The summed E-state index contributed by atoms with van der Waals surface area (Å²) in [4.78, 5) is 20.3. The Balaban J connectivity index is 0.000000512. The minimum Gasteiger partial charge on any atom is -0.491 e. The van der Waals surface area contributed by atoms with Crippen molar-refractivity contribution in [3.05, 3.63) is 54.9 Å². The van der Waals surface area contributed by atoms with Crippen LogP contribution < -0.4 is 10.1 Å². The number of carboxylic acids is 2. The number of aliphatic hydroxyl groups is 1. The van der Waals surface area contributed by atoms with Gasteiger partial charge in [0, 0.05) is 47.8 Å². The Bertz CT molecular complexity index is 778. The molecule has 0 saturated heterocycles. The third-order valence-electron chi connectivity index (χ3n) is 3.54. The van der Waals surface area contributed by atoms with E-state index in [1.165, 1.54) is 4.90 Å². The minimum absolute atomic E-state index is 0.297. The fourth-order valence-electron chi connectivity index (χ4n) is 2.09. The van der Waals surface area contributed by atoms with Crippen LogP contribution in [0, 0.1) is 0 Å². The number of aliphatic carboxylic acids is 2. The largest absolute Gasteiger partial charge is 0.491 e. The molecule has 0 aliphatic heterocycles. The first-order chi connectivity index (χ1) is 14.8. The van der Waals surface area contributed by atoms with Gasteiger partial charge in [0.1, 0.15) is 18.5 Å². The summed E-state index contributed by atoms with van der Waals surface area (Å²) < 4.78 is 7.53. The highest BCUT2D eigenvalue weighted by atomic mass is 32.2. The van der Waals surface area contributed by atoms with Crippen molar-refractivity contribution in [2.75, 3.05) is 18.9 Å². The van der Waals surface area contributed by atoms with E-state index >= 15 is 0 Å². The van der Waals surface area contributed by atoms with Gasteiger partial charge in [0.2, 0.25) is 0 Å². The van der Waals surface area contributed by atoms with Gasteiger partial charge in [-0.25, -0.2) is 9.59 Å². The van der Waals surface area contributed by atoms with E-state index in [0.29, 0.717) is 31.3 Å². The lowest BCUT2D eigenvalue weighted by molar-refractivity contribution is -0.134. The van der Waals surface area contributed by atoms with Gasteiger partial charge in [-0.15, -0.1) is 11.8 Å². The average Bonchev–Trinajstić information content (AvgIpc) is 3.24. The topological polar surface area (TPSA) is 134 Å². The van der Waals surface area contributed by atoms with Crippen molar-refractivity contribution >= 4 is 23.7 Å². The SMILES string of the molecule is CC(C)NCC(O)COc1ccc(SCCn2cccn2)cc1.O=C(O)/C=C\C(=O)O. The molecule has 0 bridgehead atoms. The molecule has 1 aromatic carbocycles. The molecule has 1 atom stereocenters. The van der Waals surface area contributed by atoms with E-state index in [1.807, 2.05) is 41.2 Å². The minimum atomic E-state index is -1.26. The lowest BCUT2D eigenvalue weighted by atomic mass is 10.3. The van der Waals surface area contributed by atoms with Crippen LogP contribution in [0.3, 0.4) is 0 Å².